The molecule has 0 saturated carbocycles. The van der Waals surface area contributed by atoms with Gasteiger partial charge >= 0.3 is 0 Å². The summed E-state index contributed by atoms with van der Waals surface area (Å²) < 4.78 is 27.3. The van der Waals surface area contributed by atoms with Crippen molar-refractivity contribution in [3.8, 4) is 0 Å². The van der Waals surface area contributed by atoms with Crippen LogP contribution in [0.5, 0.6) is 0 Å². The van der Waals surface area contributed by atoms with Crippen molar-refractivity contribution in [2.45, 2.75) is 24.7 Å². The summed E-state index contributed by atoms with van der Waals surface area (Å²) in [5, 5.41) is 0.270. The molecule has 1 unspecified atom stereocenters. The third-order valence-electron chi connectivity index (χ3n) is 3.83. The molecule has 21 heavy (non-hydrogen) atoms. The molecular formula is C16H16ClNO2S. The second-order valence-electron chi connectivity index (χ2n) is 5.43. The minimum atomic E-state index is -3.63. The fourth-order valence-corrected chi connectivity index (χ4v) is 4.89. The van der Waals surface area contributed by atoms with Crippen LogP contribution in [0.1, 0.15) is 24.0 Å². The summed E-state index contributed by atoms with van der Waals surface area (Å²) in [5.74, 6) is 0.181. The van der Waals surface area contributed by atoms with E-state index in [2.05, 4.69) is 0 Å². The van der Waals surface area contributed by atoms with Crippen LogP contribution in [0.4, 0.5) is 5.69 Å². The Morgan fingerprint density at radius 1 is 1.19 bits per heavy atom. The third kappa shape index (κ3) is 2.32. The van der Waals surface area contributed by atoms with E-state index in [0.717, 1.165) is 16.8 Å². The van der Waals surface area contributed by atoms with E-state index in [9.17, 15) is 8.42 Å². The highest BCUT2D eigenvalue weighted by atomic mass is 35.5. The Kier molecular flexibility index (Phi) is 3.46. The van der Waals surface area contributed by atoms with Gasteiger partial charge < -0.3 is 0 Å². The molecule has 0 aliphatic carbocycles. The standard InChI is InChI=1S/C16H16ClNO2S/c1-11-7-8-16(14(17)9-11)21(19,20)18-10-12(2)13-5-3-4-6-15(13)18/h3-9,12H,10H2,1-2H3. The predicted octanol–water partition coefficient (Wildman–Crippen LogP) is 3.96. The first-order valence-corrected chi connectivity index (χ1v) is 8.61. The molecule has 0 fully saturated rings. The van der Waals surface area contributed by atoms with Crippen molar-refractivity contribution >= 4 is 27.3 Å². The van der Waals surface area contributed by atoms with Gasteiger partial charge in [0.15, 0.2) is 0 Å². The van der Waals surface area contributed by atoms with Crippen LogP contribution in [0.15, 0.2) is 47.4 Å². The summed E-state index contributed by atoms with van der Waals surface area (Å²) in [7, 11) is -3.63. The van der Waals surface area contributed by atoms with Crippen LogP contribution >= 0.6 is 11.6 Å². The molecule has 0 amide bonds. The van der Waals surface area contributed by atoms with Gasteiger partial charge in [-0.2, -0.15) is 0 Å². The Balaban J connectivity index is 2.12. The molecule has 110 valence electrons. The third-order valence-corrected chi connectivity index (χ3v) is 6.09. The normalized spacial score (nSPS) is 17.9. The lowest BCUT2D eigenvalue weighted by Crippen LogP contribution is -2.29. The number of hydrogen-bond acceptors (Lipinski definition) is 2. The van der Waals surface area contributed by atoms with E-state index < -0.39 is 10.0 Å². The smallest absolute Gasteiger partial charge is 0.265 e. The van der Waals surface area contributed by atoms with Gasteiger partial charge in [-0.05, 0) is 36.2 Å². The van der Waals surface area contributed by atoms with Crippen molar-refractivity contribution in [2.24, 2.45) is 0 Å². The molecular weight excluding hydrogens is 306 g/mol. The van der Waals surface area contributed by atoms with Gasteiger partial charge in [0.2, 0.25) is 0 Å². The monoisotopic (exact) mass is 321 g/mol. The maximum absolute atomic E-state index is 12.9. The van der Waals surface area contributed by atoms with Gasteiger partial charge in [0.1, 0.15) is 4.90 Å². The van der Waals surface area contributed by atoms with Crippen LogP contribution in [0, 0.1) is 6.92 Å². The first kappa shape index (κ1) is 14.4. The summed E-state index contributed by atoms with van der Waals surface area (Å²) in [6, 6.07) is 12.6. The SMILES string of the molecule is Cc1ccc(S(=O)(=O)N2CC(C)c3ccccc32)c(Cl)c1. The zero-order valence-corrected chi connectivity index (χ0v) is 13.4. The van der Waals surface area contributed by atoms with Gasteiger partial charge in [0, 0.05) is 12.5 Å². The largest absolute Gasteiger partial charge is 0.265 e. The van der Waals surface area contributed by atoms with Gasteiger partial charge in [-0.1, -0.05) is 42.8 Å². The van der Waals surface area contributed by atoms with Crippen molar-refractivity contribution in [3.63, 3.8) is 0 Å². The van der Waals surface area contributed by atoms with E-state index >= 15 is 0 Å². The predicted molar refractivity (Wildman–Crippen MR) is 85.6 cm³/mol. The fourth-order valence-electron chi connectivity index (χ4n) is 2.74. The zero-order chi connectivity index (χ0) is 15.2. The van der Waals surface area contributed by atoms with E-state index in [4.69, 9.17) is 11.6 Å². The molecule has 1 atom stereocenters. The molecule has 5 heteroatoms. The topological polar surface area (TPSA) is 37.4 Å². The highest BCUT2D eigenvalue weighted by Crippen LogP contribution is 2.40. The molecule has 0 radical (unpaired) electrons. The van der Waals surface area contributed by atoms with Gasteiger partial charge in [-0.15, -0.1) is 0 Å². The second-order valence-corrected chi connectivity index (χ2v) is 7.67. The molecule has 2 aromatic carbocycles. The van der Waals surface area contributed by atoms with Crippen LogP contribution in [-0.2, 0) is 10.0 Å². The summed E-state index contributed by atoms with van der Waals surface area (Å²) >= 11 is 6.15. The van der Waals surface area contributed by atoms with Crippen LogP contribution in [0.25, 0.3) is 0 Å². The first-order valence-electron chi connectivity index (χ1n) is 6.79. The number of nitrogens with zero attached hydrogens (tertiary/aromatic N) is 1. The number of halogens is 1. The molecule has 1 aliphatic rings. The van der Waals surface area contributed by atoms with Gasteiger partial charge in [-0.25, -0.2) is 8.42 Å². The number of rotatable bonds is 2. The fraction of sp³-hybridized carbons (Fsp3) is 0.250. The molecule has 0 saturated heterocycles. The number of sulfonamides is 1. The zero-order valence-electron chi connectivity index (χ0n) is 11.9. The van der Waals surface area contributed by atoms with E-state index in [1.807, 2.05) is 38.1 Å². The van der Waals surface area contributed by atoms with Crippen LogP contribution in [-0.4, -0.2) is 15.0 Å². The maximum Gasteiger partial charge on any atom is 0.265 e. The highest BCUT2D eigenvalue weighted by molar-refractivity contribution is 7.93. The first-order chi connectivity index (χ1) is 9.91. The Bertz CT molecular complexity index is 802. The number of aryl methyl sites for hydroxylation is 1. The van der Waals surface area contributed by atoms with E-state index in [-0.39, 0.29) is 15.8 Å². The number of para-hydroxylation sites is 1. The molecule has 0 N–H and O–H groups in total. The molecule has 0 bridgehead atoms. The Labute approximate surface area is 130 Å². The lowest BCUT2D eigenvalue weighted by molar-refractivity contribution is 0.590. The Morgan fingerprint density at radius 3 is 2.62 bits per heavy atom. The molecule has 1 aliphatic heterocycles. The van der Waals surface area contributed by atoms with E-state index in [1.54, 1.807) is 18.2 Å². The van der Waals surface area contributed by atoms with Crippen molar-refractivity contribution in [1.29, 1.82) is 0 Å². The van der Waals surface area contributed by atoms with Gasteiger partial charge in [0.25, 0.3) is 10.0 Å². The average molecular weight is 322 g/mol. The van der Waals surface area contributed by atoms with E-state index in [0.29, 0.717) is 6.54 Å². The van der Waals surface area contributed by atoms with Crippen molar-refractivity contribution < 1.29 is 8.42 Å². The molecule has 3 nitrogen and oxygen atoms in total. The highest BCUT2D eigenvalue weighted by Gasteiger charge is 2.35. The van der Waals surface area contributed by atoms with Gasteiger partial charge in [0.05, 0.1) is 10.7 Å². The van der Waals surface area contributed by atoms with Gasteiger partial charge in [-0.3, -0.25) is 4.31 Å². The quantitative estimate of drug-likeness (QED) is 0.839. The van der Waals surface area contributed by atoms with Crippen molar-refractivity contribution in [3.05, 3.63) is 58.6 Å². The molecule has 1 heterocycles. The lowest BCUT2D eigenvalue weighted by atomic mass is 10.0. The van der Waals surface area contributed by atoms with Crippen molar-refractivity contribution in [2.75, 3.05) is 10.8 Å². The number of anilines is 1. The number of fused-ring (bicyclic) bond motifs is 1. The van der Waals surface area contributed by atoms with Crippen LogP contribution < -0.4 is 4.31 Å². The van der Waals surface area contributed by atoms with Crippen LogP contribution in [0.3, 0.4) is 0 Å². The molecule has 2 aromatic rings. The molecule has 0 spiro atoms. The lowest BCUT2D eigenvalue weighted by Gasteiger charge is -2.20. The summed E-state index contributed by atoms with van der Waals surface area (Å²) in [6.07, 6.45) is 0. The average Bonchev–Trinajstić information content (AvgIpc) is 2.77. The maximum atomic E-state index is 12.9. The molecule has 0 aromatic heterocycles. The van der Waals surface area contributed by atoms with Crippen LogP contribution in [0.2, 0.25) is 5.02 Å². The summed E-state index contributed by atoms with van der Waals surface area (Å²) in [4.78, 5) is 0.165. The minimum Gasteiger partial charge on any atom is -0.265 e. The van der Waals surface area contributed by atoms with E-state index in [1.165, 1.54) is 4.31 Å². The number of hydrogen-bond donors (Lipinski definition) is 0. The number of benzene rings is 2. The minimum absolute atomic E-state index is 0.165. The van der Waals surface area contributed by atoms with Crippen molar-refractivity contribution in [1.82, 2.24) is 0 Å². The Hall–Kier alpha value is -1.52. The second kappa shape index (κ2) is 5.04. The summed E-state index contributed by atoms with van der Waals surface area (Å²) in [6.45, 7) is 4.37. The molecule has 3 rings (SSSR count). The Morgan fingerprint density at radius 2 is 1.90 bits per heavy atom. The summed E-state index contributed by atoms with van der Waals surface area (Å²) in [5.41, 5.74) is 2.75.